The first-order chi connectivity index (χ1) is 3.98. The number of rotatable bonds is 2. The molecule has 0 saturated heterocycles. The Hall–Kier alpha value is -1.11. The summed E-state index contributed by atoms with van der Waals surface area (Å²) in [5.74, 6) is 0. The summed E-state index contributed by atoms with van der Waals surface area (Å²) >= 11 is 0. The maximum Gasteiger partial charge on any atom is 0.221 e. The topological polar surface area (TPSA) is 66.9 Å². The van der Waals surface area contributed by atoms with Gasteiger partial charge in [-0.05, 0) is 13.8 Å². The van der Waals surface area contributed by atoms with Crippen LogP contribution in [0.3, 0.4) is 0 Å². The maximum absolute atomic E-state index is 9.83. The molecule has 0 aromatic heterocycles. The molecule has 0 amide bonds. The fourth-order valence-electron chi connectivity index (χ4n) is 0.358. The second-order valence-corrected chi connectivity index (χ2v) is 2.49. The van der Waals surface area contributed by atoms with Crippen molar-refractivity contribution in [1.82, 2.24) is 0 Å². The summed E-state index contributed by atoms with van der Waals surface area (Å²) < 4.78 is 0. The van der Waals surface area contributed by atoms with Crippen LogP contribution < -0.4 is 0 Å². The van der Waals surface area contributed by atoms with E-state index in [4.69, 9.17) is 5.26 Å². The molecule has 0 radical (unpaired) electrons. The van der Waals surface area contributed by atoms with Crippen molar-refractivity contribution in [3.05, 3.63) is 10.1 Å². The van der Waals surface area contributed by atoms with Crippen molar-refractivity contribution in [2.45, 2.75) is 13.8 Å². The monoisotopic (exact) mass is 128 g/mol. The fourth-order valence-corrected chi connectivity index (χ4v) is 0.358. The molecule has 0 heterocycles. The third kappa shape index (κ3) is 3.47. The van der Waals surface area contributed by atoms with Gasteiger partial charge in [0.15, 0.2) is 0 Å². The van der Waals surface area contributed by atoms with E-state index < -0.39 is 10.3 Å². The summed E-state index contributed by atoms with van der Waals surface area (Å²) in [6, 6.07) is 1.83. The Morgan fingerprint density at radius 3 is 2.33 bits per heavy atom. The summed E-state index contributed by atoms with van der Waals surface area (Å²) in [5.41, 5.74) is -0.830. The lowest BCUT2D eigenvalue weighted by Gasteiger charge is -2.06. The molecule has 4 heteroatoms. The van der Waals surface area contributed by atoms with Gasteiger partial charge in [0.05, 0.1) is 6.07 Å². The summed E-state index contributed by atoms with van der Waals surface area (Å²) in [6.07, 6.45) is 0. The van der Waals surface area contributed by atoms with Gasteiger partial charge in [-0.3, -0.25) is 10.1 Å². The molecule has 0 fully saturated rings. The van der Waals surface area contributed by atoms with Crippen molar-refractivity contribution >= 4 is 0 Å². The lowest BCUT2D eigenvalue weighted by molar-refractivity contribution is -0.491. The lowest BCUT2D eigenvalue weighted by Crippen LogP contribution is -2.20. The van der Waals surface area contributed by atoms with Gasteiger partial charge in [-0.1, -0.05) is 0 Å². The Balaban J connectivity index is 3.91. The average Bonchev–Trinajstić information content (AvgIpc) is 1.63. The molecule has 0 aromatic rings. The largest absolute Gasteiger partial charge is 0.264 e. The third-order valence-corrected chi connectivity index (χ3v) is 0.827. The van der Waals surface area contributed by atoms with E-state index in [-0.39, 0.29) is 6.54 Å². The Labute approximate surface area is 53.2 Å². The van der Waals surface area contributed by atoms with Crippen LogP contribution in [-0.4, -0.2) is 11.5 Å². The summed E-state index contributed by atoms with van der Waals surface area (Å²) in [4.78, 5) is 9.35. The van der Waals surface area contributed by atoms with Crippen LogP contribution in [0.2, 0.25) is 0 Å². The second kappa shape index (κ2) is 2.44. The standard InChI is InChI=1S/C5H8N2O2/c1-5(2,3-6)4-7(8)9/h4H2,1-2H3. The molecule has 0 aliphatic carbocycles. The van der Waals surface area contributed by atoms with Crippen LogP contribution in [0.4, 0.5) is 0 Å². The molecule has 0 atom stereocenters. The highest BCUT2D eigenvalue weighted by atomic mass is 16.6. The molecule has 0 spiro atoms. The quantitative estimate of drug-likeness (QED) is 0.408. The molecule has 0 rings (SSSR count). The molecule has 0 aliphatic rings. The van der Waals surface area contributed by atoms with Crippen LogP contribution in [0, 0.1) is 26.9 Å². The van der Waals surface area contributed by atoms with Crippen LogP contribution in [0.1, 0.15) is 13.8 Å². The van der Waals surface area contributed by atoms with Gasteiger partial charge in [0.25, 0.3) is 0 Å². The Bertz CT molecular complexity index is 157. The van der Waals surface area contributed by atoms with Gasteiger partial charge >= 0.3 is 0 Å². The van der Waals surface area contributed by atoms with Gasteiger partial charge in [-0.2, -0.15) is 5.26 Å². The van der Waals surface area contributed by atoms with Crippen molar-refractivity contribution in [2.24, 2.45) is 5.41 Å². The molecule has 4 nitrogen and oxygen atoms in total. The van der Waals surface area contributed by atoms with Crippen molar-refractivity contribution in [1.29, 1.82) is 5.26 Å². The maximum atomic E-state index is 9.83. The van der Waals surface area contributed by atoms with Crippen molar-refractivity contribution in [3.63, 3.8) is 0 Å². The minimum absolute atomic E-state index is 0.288. The van der Waals surface area contributed by atoms with E-state index in [1.54, 1.807) is 0 Å². The number of nitro groups is 1. The van der Waals surface area contributed by atoms with Crippen LogP contribution in [0.15, 0.2) is 0 Å². The number of hydrogen-bond acceptors (Lipinski definition) is 3. The zero-order valence-electron chi connectivity index (χ0n) is 5.42. The molecule has 0 bridgehead atoms. The molecule has 0 N–H and O–H groups in total. The molecule has 0 aromatic carbocycles. The van der Waals surface area contributed by atoms with Crippen LogP contribution >= 0.6 is 0 Å². The van der Waals surface area contributed by atoms with E-state index in [1.807, 2.05) is 6.07 Å². The zero-order valence-corrected chi connectivity index (χ0v) is 5.42. The van der Waals surface area contributed by atoms with Gasteiger partial charge in [-0.25, -0.2) is 0 Å². The highest BCUT2D eigenvalue weighted by Crippen LogP contribution is 2.11. The van der Waals surface area contributed by atoms with Gasteiger partial charge in [0.2, 0.25) is 6.54 Å². The first-order valence-corrected chi connectivity index (χ1v) is 2.51. The predicted molar refractivity (Wildman–Crippen MR) is 31.3 cm³/mol. The minimum atomic E-state index is -0.830. The lowest BCUT2D eigenvalue weighted by atomic mass is 9.97. The minimum Gasteiger partial charge on any atom is -0.264 e. The van der Waals surface area contributed by atoms with E-state index in [0.717, 1.165) is 0 Å². The van der Waals surface area contributed by atoms with E-state index in [9.17, 15) is 10.1 Å². The first-order valence-electron chi connectivity index (χ1n) is 2.51. The average molecular weight is 128 g/mol. The Morgan fingerprint density at radius 2 is 2.22 bits per heavy atom. The summed E-state index contributed by atoms with van der Waals surface area (Å²) in [5, 5.41) is 18.1. The highest BCUT2D eigenvalue weighted by Gasteiger charge is 2.23. The van der Waals surface area contributed by atoms with Gasteiger partial charge in [-0.15, -0.1) is 0 Å². The van der Waals surface area contributed by atoms with Gasteiger partial charge < -0.3 is 0 Å². The van der Waals surface area contributed by atoms with E-state index in [0.29, 0.717) is 0 Å². The zero-order chi connectivity index (χ0) is 7.49. The molecule has 0 unspecified atom stereocenters. The smallest absolute Gasteiger partial charge is 0.221 e. The molecule has 50 valence electrons. The molecular weight excluding hydrogens is 120 g/mol. The van der Waals surface area contributed by atoms with Crippen LogP contribution in [-0.2, 0) is 0 Å². The van der Waals surface area contributed by atoms with Gasteiger partial charge in [0.1, 0.15) is 5.41 Å². The Morgan fingerprint density at radius 1 is 1.78 bits per heavy atom. The van der Waals surface area contributed by atoms with E-state index in [1.165, 1.54) is 13.8 Å². The number of nitrogens with zero attached hydrogens (tertiary/aromatic N) is 2. The summed E-state index contributed by atoms with van der Waals surface area (Å²) in [7, 11) is 0. The fraction of sp³-hybridized carbons (Fsp3) is 0.800. The predicted octanol–water partition coefficient (Wildman–Crippen LogP) is 0.813. The first kappa shape index (κ1) is 7.89. The molecular formula is C5H8N2O2. The second-order valence-electron chi connectivity index (χ2n) is 2.49. The van der Waals surface area contributed by atoms with E-state index in [2.05, 4.69) is 0 Å². The van der Waals surface area contributed by atoms with Crippen molar-refractivity contribution < 1.29 is 4.92 Å². The number of nitriles is 1. The molecule has 0 aliphatic heterocycles. The number of hydrogen-bond donors (Lipinski definition) is 0. The SMILES string of the molecule is CC(C)(C#N)C[N+](=O)[O-]. The van der Waals surface area contributed by atoms with Gasteiger partial charge in [0, 0.05) is 4.92 Å². The third-order valence-electron chi connectivity index (χ3n) is 0.827. The Kier molecular flexibility index (Phi) is 2.14. The van der Waals surface area contributed by atoms with Crippen LogP contribution in [0.5, 0.6) is 0 Å². The highest BCUT2D eigenvalue weighted by molar-refractivity contribution is 4.90. The summed E-state index contributed by atoms with van der Waals surface area (Å²) in [6.45, 7) is 2.79. The van der Waals surface area contributed by atoms with Crippen LogP contribution in [0.25, 0.3) is 0 Å². The van der Waals surface area contributed by atoms with Crippen molar-refractivity contribution in [2.75, 3.05) is 6.54 Å². The normalized spacial score (nSPS) is 10.3. The molecule has 0 saturated carbocycles. The van der Waals surface area contributed by atoms with E-state index >= 15 is 0 Å². The van der Waals surface area contributed by atoms with Crippen molar-refractivity contribution in [3.8, 4) is 6.07 Å². The molecule has 9 heavy (non-hydrogen) atoms.